The molecule has 124 valence electrons. The maximum atomic E-state index is 11.9. The molecule has 0 radical (unpaired) electrons. The number of rotatable bonds is 5. The molecule has 0 spiro atoms. The van der Waals surface area contributed by atoms with Crippen molar-refractivity contribution in [1.82, 2.24) is 20.2 Å². The fourth-order valence-corrected chi connectivity index (χ4v) is 2.75. The first kappa shape index (κ1) is 16.1. The molecule has 5 heteroatoms. The Kier molecular flexibility index (Phi) is 4.79. The normalized spacial score (nSPS) is 10.8. The van der Waals surface area contributed by atoms with Gasteiger partial charge in [-0.3, -0.25) is 0 Å². The average molecular weight is 322 g/mol. The van der Waals surface area contributed by atoms with E-state index in [1.54, 1.807) is 6.20 Å². The van der Waals surface area contributed by atoms with Gasteiger partial charge in [-0.15, -0.1) is 0 Å². The van der Waals surface area contributed by atoms with Gasteiger partial charge in [0.15, 0.2) is 0 Å². The molecule has 0 aliphatic heterocycles. The Morgan fingerprint density at radius 1 is 1.17 bits per heavy atom. The smallest absolute Gasteiger partial charge is 0.315 e. The maximum absolute atomic E-state index is 11.9. The number of hydrogen-bond acceptors (Lipinski definition) is 2. The Labute approximate surface area is 141 Å². The van der Waals surface area contributed by atoms with E-state index in [1.807, 2.05) is 48.9 Å². The van der Waals surface area contributed by atoms with Crippen LogP contribution < -0.4 is 10.6 Å². The largest absolute Gasteiger partial charge is 0.338 e. The minimum atomic E-state index is -0.145. The summed E-state index contributed by atoms with van der Waals surface area (Å²) in [4.78, 5) is 16.3. The summed E-state index contributed by atoms with van der Waals surface area (Å²) in [6.07, 6.45) is 4.65. The standard InChI is InChI=1S/C19H22N4O/c1-14-5-7-15(8-6-14)12-22-19(24)21-11-9-16-13-23(2)18-17(16)4-3-10-20-18/h3-8,10,13H,9,11-12H2,1-2H3,(H2,21,22,24). The molecule has 0 atom stereocenters. The molecule has 0 unspecified atom stereocenters. The predicted molar refractivity (Wildman–Crippen MR) is 95.8 cm³/mol. The van der Waals surface area contributed by atoms with Gasteiger partial charge in [0.05, 0.1) is 0 Å². The zero-order valence-corrected chi connectivity index (χ0v) is 14.0. The molecule has 3 aromatic rings. The van der Waals surface area contributed by atoms with Gasteiger partial charge < -0.3 is 15.2 Å². The van der Waals surface area contributed by atoms with Crippen molar-refractivity contribution in [2.45, 2.75) is 19.9 Å². The molecular weight excluding hydrogens is 300 g/mol. The Balaban J connectivity index is 1.48. The molecule has 2 amide bonds. The predicted octanol–water partition coefficient (Wildman–Crippen LogP) is 2.92. The van der Waals surface area contributed by atoms with E-state index in [4.69, 9.17) is 0 Å². The van der Waals surface area contributed by atoms with Crippen LogP contribution in [0.5, 0.6) is 0 Å². The van der Waals surface area contributed by atoms with E-state index in [1.165, 1.54) is 11.1 Å². The number of fused-ring (bicyclic) bond motifs is 1. The molecule has 0 fully saturated rings. The Hall–Kier alpha value is -2.82. The number of aromatic nitrogens is 2. The minimum absolute atomic E-state index is 0.145. The zero-order chi connectivity index (χ0) is 16.9. The van der Waals surface area contributed by atoms with E-state index >= 15 is 0 Å². The third-order valence-corrected chi connectivity index (χ3v) is 4.07. The summed E-state index contributed by atoms with van der Waals surface area (Å²) in [5, 5.41) is 6.93. The molecule has 0 bridgehead atoms. The van der Waals surface area contributed by atoms with Crippen molar-refractivity contribution in [3.63, 3.8) is 0 Å². The summed E-state index contributed by atoms with van der Waals surface area (Å²) in [5.74, 6) is 0. The van der Waals surface area contributed by atoms with Gasteiger partial charge in [-0.2, -0.15) is 0 Å². The van der Waals surface area contributed by atoms with E-state index in [9.17, 15) is 4.79 Å². The van der Waals surface area contributed by atoms with Crippen molar-refractivity contribution in [1.29, 1.82) is 0 Å². The lowest BCUT2D eigenvalue weighted by molar-refractivity contribution is 0.240. The number of urea groups is 1. The van der Waals surface area contributed by atoms with Crippen LogP contribution in [0, 0.1) is 6.92 Å². The van der Waals surface area contributed by atoms with Crippen LogP contribution in [0.25, 0.3) is 11.0 Å². The van der Waals surface area contributed by atoms with Crippen molar-refractivity contribution in [3.05, 3.63) is 65.5 Å². The molecular formula is C19H22N4O. The number of pyridine rings is 1. The van der Waals surface area contributed by atoms with Crippen molar-refractivity contribution >= 4 is 17.1 Å². The second-order valence-corrected chi connectivity index (χ2v) is 5.98. The quantitative estimate of drug-likeness (QED) is 0.759. The second-order valence-electron chi connectivity index (χ2n) is 5.98. The van der Waals surface area contributed by atoms with E-state index in [-0.39, 0.29) is 6.03 Å². The first-order valence-corrected chi connectivity index (χ1v) is 8.09. The Bertz CT molecular complexity index is 836. The number of benzene rings is 1. The van der Waals surface area contributed by atoms with E-state index in [2.05, 4.69) is 27.9 Å². The summed E-state index contributed by atoms with van der Waals surface area (Å²) in [6.45, 7) is 3.17. The highest BCUT2D eigenvalue weighted by Crippen LogP contribution is 2.18. The van der Waals surface area contributed by atoms with Gasteiger partial charge in [0.1, 0.15) is 5.65 Å². The Morgan fingerprint density at radius 3 is 2.75 bits per heavy atom. The molecule has 3 rings (SSSR count). The summed E-state index contributed by atoms with van der Waals surface area (Å²) in [6, 6.07) is 12.0. The van der Waals surface area contributed by atoms with Crippen molar-refractivity contribution < 1.29 is 4.79 Å². The molecule has 24 heavy (non-hydrogen) atoms. The van der Waals surface area contributed by atoms with E-state index < -0.39 is 0 Å². The van der Waals surface area contributed by atoms with Crippen molar-refractivity contribution in [2.24, 2.45) is 7.05 Å². The van der Waals surface area contributed by atoms with Gasteiger partial charge in [0.25, 0.3) is 0 Å². The van der Waals surface area contributed by atoms with Crippen molar-refractivity contribution in [2.75, 3.05) is 6.54 Å². The molecule has 0 saturated carbocycles. The third-order valence-electron chi connectivity index (χ3n) is 4.07. The lowest BCUT2D eigenvalue weighted by atomic mass is 10.1. The zero-order valence-electron chi connectivity index (χ0n) is 14.0. The van der Waals surface area contributed by atoms with Crippen LogP contribution in [0.3, 0.4) is 0 Å². The molecule has 0 aliphatic carbocycles. The highest BCUT2D eigenvalue weighted by Gasteiger charge is 2.07. The molecule has 0 saturated heterocycles. The van der Waals surface area contributed by atoms with Crippen LogP contribution in [0.2, 0.25) is 0 Å². The summed E-state index contributed by atoms with van der Waals surface area (Å²) in [7, 11) is 1.99. The van der Waals surface area contributed by atoms with Crippen LogP contribution in [0.1, 0.15) is 16.7 Å². The summed E-state index contributed by atoms with van der Waals surface area (Å²) < 4.78 is 2.02. The topological polar surface area (TPSA) is 59.0 Å². The van der Waals surface area contributed by atoms with Gasteiger partial charge in [0.2, 0.25) is 0 Å². The van der Waals surface area contributed by atoms with Crippen LogP contribution in [0.15, 0.2) is 48.8 Å². The number of aryl methyl sites for hydroxylation is 2. The van der Waals surface area contributed by atoms with Gasteiger partial charge >= 0.3 is 6.03 Å². The van der Waals surface area contributed by atoms with Gasteiger partial charge in [-0.25, -0.2) is 9.78 Å². The van der Waals surface area contributed by atoms with E-state index in [0.29, 0.717) is 13.1 Å². The first-order valence-electron chi connectivity index (χ1n) is 8.09. The van der Waals surface area contributed by atoms with Crippen LogP contribution in [-0.2, 0) is 20.0 Å². The highest BCUT2D eigenvalue weighted by molar-refractivity contribution is 5.80. The fourth-order valence-electron chi connectivity index (χ4n) is 2.75. The van der Waals surface area contributed by atoms with Crippen LogP contribution in [-0.4, -0.2) is 22.1 Å². The number of carbonyl (C=O) groups is 1. The highest BCUT2D eigenvalue weighted by atomic mass is 16.2. The molecule has 2 N–H and O–H groups in total. The van der Waals surface area contributed by atoms with Gasteiger partial charge in [0, 0.05) is 37.9 Å². The SMILES string of the molecule is Cc1ccc(CNC(=O)NCCc2cn(C)c3ncccc23)cc1. The van der Waals surface area contributed by atoms with Crippen LogP contribution >= 0.6 is 0 Å². The lowest BCUT2D eigenvalue weighted by Crippen LogP contribution is -2.36. The molecule has 5 nitrogen and oxygen atoms in total. The average Bonchev–Trinajstić information content (AvgIpc) is 2.91. The van der Waals surface area contributed by atoms with Gasteiger partial charge in [-0.1, -0.05) is 29.8 Å². The fraction of sp³-hybridized carbons (Fsp3) is 0.263. The lowest BCUT2D eigenvalue weighted by Gasteiger charge is -2.07. The van der Waals surface area contributed by atoms with Gasteiger partial charge in [-0.05, 0) is 36.6 Å². The number of carbonyl (C=O) groups excluding carboxylic acids is 1. The van der Waals surface area contributed by atoms with Crippen LogP contribution in [0.4, 0.5) is 4.79 Å². The number of nitrogens with zero attached hydrogens (tertiary/aromatic N) is 2. The number of nitrogens with one attached hydrogen (secondary N) is 2. The molecule has 0 aliphatic rings. The molecule has 1 aromatic carbocycles. The summed E-state index contributed by atoms with van der Waals surface area (Å²) >= 11 is 0. The van der Waals surface area contributed by atoms with E-state index in [0.717, 1.165) is 23.0 Å². The number of hydrogen-bond donors (Lipinski definition) is 2. The minimum Gasteiger partial charge on any atom is -0.338 e. The number of amides is 2. The Morgan fingerprint density at radius 2 is 1.96 bits per heavy atom. The molecule has 2 aromatic heterocycles. The summed E-state index contributed by atoms with van der Waals surface area (Å²) in [5.41, 5.74) is 4.47. The third kappa shape index (κ3) is 3.74. The maximum Gasteiger partial charge on any atom is 0.315 e. The molecule has 2 heterocycles. The monoisotopic (exact) mass is 322 g/mol. The first-order chi connectivity index (χ1) is 11.6. The van der Waals surface area contributed by atoms with Crippen molar-refractivity contribution in [3.8, 4) is 0 Å². The second kappa shape index (κ2) is 7.17.